The van der Waals surface area contributed by atoms with Gasteiger partial charge < -0.3 is 29.6 Å². The minimum Gasteiger partial charge on any atom is -0.459 e. The maximum atomic E-state index is 11.6. The van der Waals surface area contributed by atoms with Crippen LogP contribution in [0.2, 0.25) is 0 Å². The van der Waals surface area contributed by atoms with E-state index in [1.165, 1.54) is 32.1 Å². The largest absolute Gasteiger partial charge is 0.459 e. The van der Waals surface area contributed by atoms with Gasteiger partial charge in [-0.15, -0.1) is 0 Å². The smallest absolute Gasteiger partial charge is 0.407 e. The lowest BCUT2D eigenvalue weighted by molar-refractivity contribution is -0.140. The number of rotatable bonds is 11. The topological polar surface area (TPSA) is 129 Å². The first-order valence-electron chi connectivity index (χ1n) is 12.1. The molecule has 2 N–H and O–H groups in total. The van der Waals surface area contributed by atoms with Crippen LogP contribution in [-0.2, 0) is 28.5 Å². The van der Waals surface area contributed by atoms with Crippen LogP contribution >= 0.6 is 0 Å². The van der Waals surface area contributed by atoms with Crippen LogP contribution in [-0.4, -0.2) is 63.6 Å². The molecule has 0 aromatic heterocycles. The van der Waals surface area contributed by atoms with E-state index < -0.39 is 24.1 Å². The van der Waals surface area contributed by atoms with Crippen molar-refractivity contribution in [1.29, 1.82) is 0 Å². The van der Waals surface area contributed by atoms with Crippen molar-refractivity contribution in [3.8, 4) is 0 Å². The molecular weight excluding hydrogens is 456 g/mol. The van der Waals surface area contributed by atoms with Gasteiger partial charge in [0.1, 0.15) is 26.4 Å². The third-order valence-electron chi connectivity index (χ3n) is 5.75. The number of carbonyl (C=O) groups is 4. The van der Waals surface area contributed by atoms with Crippen LogP contribution in [0.1, 0.15) is 55.7 Å². The Morgan fingerprint density at radius 2 is 1.31 bits per heavy atom. The Morgan fingerprint density at radius 3 is 1.80 bits per heavy atom. The van der Waals surface area contributed by atoms with Crippen LogP contribution in [0, 0.1) is 17.8 Å². The lowest BCUT2D eigenvalue weighted by Gasteiger charge is -2.21. The number of alkyl carbamates (subject to hydrolysis) is 2. The molecule has 10 heteroatoms. The Morgan fingerprint density at radius 1 is 0.800 bits per heavy atom. The van der Waals surface area contributed by atoms with E-state index >= 15 is 0 Å². The van der Waals surface area contributed by atoms with Crippen molar-refractivity contribution < 1.29 is 41.0 Å². The fraction of sp³-hybridized carbons (Fsp3) is 0.680. The number of carbonyl (C=O) groups excluding carboxylic acids is 4. The fourth-order valence-electron chi connectivity index (χ4n) is 4.09. The van der Waals surface area contributed by atoms with Gasteiger partial charge in [-0.25, -0.2) is 19.2 Å². The minimum absolute atomic E-state index is 0. The second-order valence-electron chi connectivity index (χ2n) is 8.80. The molecular formula is C25H44N2O8. The summed E-state index contributed by atoms with van der Waals surface area (Å²) in [6.07, 6.45) is 5.62. The van der Waals surface area contributed by atoms with Crippen molar-refractivity contribution in [2.45, 2.75) is 52.9 Å². The summed E-state index contributed by atoms with van der Waals surface area (Å²) in [7, 11) is 0. The van der Waals surface area contributed by atoms with Crippen LogP contribution in [0.4, 0.5) is 9.59 Å². The number of hydrogen-bond acceptors (Lipinski definition) is 8. The Balaban J connectivity index is 0. The van der Waals surface area contributed by atoms with E-state index in [-0.39, 0.29) is 29.3 Å². The standard InChI is InChI=1S/C16H25NO4.C9H15NO4.2H2/c1-11(2)15(18)20-6-7-21-16(19)17-10-14-9-12-4-3-5-13(14)8-12;1-4-10-9(12)14-6-5-13-8(11)7(2)3;;/h12-14H,1,3-10H2,2H3,(H,17,19);2,4-6H2,1,3H3,(H,10,12);2*1H. The van der Waals surface area contributed by atoms with Gasteiger partial charge in [0.05, 0.1) is 0 Å². The summed E-state index contributed by atoms with van der Waals surface area (Å²) in [6.45, 7) is 13.2. The predicted molar refractivity (Wildman–Crippen MR) is 134 cm³/mol. The number of fused-ring (bicyclic) bond motifs is 2. The zero-order valence-corrected chi connectivity index (χ0v) is 21.2. The molecule has 3 atom stereocenters. The molecule has 2 aliphatic carbocycles. The molecule has 35 heavy (non-hydrogen) atoms. The van der Waals surface area contributed by atoms with Gasteiger partial charge in [0, 0.05) is 27.1 Å². The van der Waals surface area contributed by atoms with Crippen LogP contribution in [0.25, 0.3) is 0 Å². The van der Waals surface area contributed by atoms with E-state index in [0.29, 0.717) is 30.2 Å². The molecule has 0 saturated heterocycles. The number of hydrogen-bond donors (Lipinski definition) is 2. The second-order valence-corrected chi connectivity index (χ2v) is 8.80. The summed E-state index contributed by atoms with van der Waals surface area (Å²) in [5.41, 5.74) is 0.662. The maximum absolute atomic E-state index is 11.6. The first-order chi connectivity index (χ1) is 16.6. The number of nitrogens with one attached hydrogen (secondary N) is 2. The third kappa shape index (κ3) is 12.8. The quantitative estimate of drug-likeness (QED) is 0.188. The summed E-state index contributed by atoms with van der Waals surface area (Å²) in [5, 5.41) is 5.27. The highest BCUT2D eigenvalue weighted by Gasteiger charge is 2.36. The molecule has 2 bridgehead atoms. The van der Waals surface area contributed by atoms with Gasteiger partial charge in [-0.1, -0.05) is 32.4 Å². The van der Waals surface area contributed by atoms with E-state index in [0.717, 1.165) is 11.8 Å². The van der Waals surface area contributed by atoms with Crippen LogP contribution in [0.3, 0.4) is 0 Å². The molecule has 0 aromatic carbocycles. The summed E-state index contributed by atoms with van der Waals surface area (Å²) < 4.78 is 19.2. The summed E-state index contributed by atoms with van der Waals surface area (Å²) in [4.78, 5) is 44.3. The zero-order valence-electron chi connectivity index (χ0n) is 21.2. The molecule has 2 saturated carbocycles. The Hall–Kier alpha value is -3.04. The monoisotopic (exact) mass is 500 g/mol. The van der Waals surface area contributed by atoms with Crippen molar-refractivity contribution in [3.05, 3.63) is 24.3 Å². The molecule has 2 aliphatic rings. The molecule has 3 unspecified atom stereocenters. The Labute approximate surface area is 210 Å². The fourth-order valence-corrected chi connectivity index (χ4v) is 4.09. The summed E-state index contributed by atoms with van der Waals surface area (Å²) >= 11 is 0. The Bertz CT molecular complexity index is 763. The molecule has 0 aromatic rings. The predicted octanol–water partition coefficient (Wildman–Crippen LogP) is 4.00. The molecule has 0 heterocycles. The lowest BCUT2D eigenvalue weighted by Crippen LogP contribution is -2.32. The van der Waals surface area contributed by atoms with Gasteiger partial charge in [0.25, 0.3) is 0 Å². The van der Waals surface area contributed by atoms with Gasteiger partial charge in [0.15, 0.2) is 0 Å². The van der Waals surface area contributed by atoms with Gasteiger partial charge in [-0.05, 0) is 51.4 Å². The highest BCUT2D eigenvalue weighted by molar-refractivity contribution is 5.87. The number of esters is 2. The molecule has 2 rings (SSSR count). The van der Waals surface area contributed by atoms with Crippen LogP contribution in [0.5, 0.6) is 0 Å². The van der Waals surface area contributed by atoms with E-state index in [4.69, 9.17) is 9.47 Å². The molecule has 0 aliphatic heterocycles. The van der Waals surface area contributed by atoms with E-state index in [1.807, 2.05) is 0 Å². The van der Waals surface area contributed by atoms with Crippen molar-refractivity contribution >= 4 is 24.1 Å². The average Bonchev–Trinajstić information content (AvgIpc) is 3.10. The van der Waals surface area contributed by atoms with Crippen LogP contribution < -0.4 is 10.6 Å². The van der Waals surface area contributed by atoms with Crippen molar-refractivity contribution in [1.82, 2.24) is 10.6 Å². The highest BCUT2D eigenvalue weighted by Crippen LogP contribution is 2.45. The number of ether oxygens (including phenoxy) is 4. The van der Waals surface area contributed by atoms with Gasteiger partial charge in [-0.3, -0.25) is 0 Å². The van der Waals surface area contributed by atoms with E-state index in [9.17, 15) is 19.2 Å². The van der Waals surface area contributed by atoms with Gasteiger partial charge >= 0.3 is 24.1 Å². The van der Waals surface area contributed by atoms with Crippen molar-refractivity contribution in [2.75, 3.05) is 39.5 Å². The average molecular weight is 501 g/mol. The molecule has 0 spiro atoms. The van der Waals surface area contributed by atoms with Gasteiger partial charge in [-0.2, -0.15) is 0 Å². The van der Waals surface area contributed by atoms with Crippen LogP contribution in [0.15, 0.2) is 24.3 Å². The van der Waals surface area contributed by atoms with Crippen molar-refractivity contribution in [3.63, 3.8) is 0 Å². The SMILES string of the molecule is C=C(C)C(=O)OCCOC(=O)NCC.C=C(C)C(=O)OCCOC(=O)NCC1CC2CCCC1C2.[HH].[HH]. The molecule has 2 fully saturated rings. The maximum Gasteiger partial charge on any atom is 0.407 e. The summed E-state index contributed by atoms with van der Waals surface area (Å²) in [5.74, 6) is 1.31. The molecule has 202 valence electrons. The third-order valence-corrected chi connectivity index (χ3v) is 5.75. The molecule has 0 radical (unpaired) electrons. The van der Waals surface area contributed by atoms with Gasteiger partial charge in [0.2, 0.25) is 0 Å². The van der Waals surface area contributed by atoms with E-state index in [2.05, 4.69) is 33.3 Å². The molecule has 10 nitrogen and oxygen atoms in total. The minimum atomic E-state index is -0.515. The van der Waals surface area contributed by atoms with E-state index in [1.54, 1.807) is 20.8 Å². The first-order valence-corrected chi connectivity index (χ1v) is 12.1. The number of amides is 2. The zero-order chi connectivity index (χ0) is 26.2. The Kier molecular flexibility index (Phi) is 14.2. The second kappa shape index (κ2) is 16.6. The summed E-state index contributed by atoms with van der Waals surface area (Å²) in [6, 6.07) is 0. The van der Waals surface area contributed by atoms with Crippen molar-refractivity contribution in [2.24, 2.45) is 17.8 Å². The lowest BCUT2D eigenvalue weighted by atomic mass is 9.87. The highest BCUT2D eigenvalue weighted by atomic mass is 16.6. The molecule has 2 amide bonds. The normalized spacial score (nSPS) is 19.8. The first kappa shape index (κ1) is 30.0.